The van der Waals surface area contributed by atoms with Gasteiger partial charge in [-0.2, -0.15) is 0 Å². The Morgan fingerprint density at radius 2 is 1.93 bits per heavy atom. The summed E-state index contributed by atoms with van der Waals surface area (Å²) in [5.41, 5.74) is 0. The van der Waals surface area contributed by atoms with E-state index in [1.165, 1.54) is 12.8 Å². The first kappa shape index (κ1) is 10.7. The number of rotatable bonds is 1. The lowest BCUT2D eigenvalue weighted by Crippen LogP contribution is -2.45. The SMILES string of the molecule is O=C(NC1CCNC1)N1CCCCCC1. The van der Waals surface area contributed by atoms with Crippen molar-refractivity contribution in [1.29, 1.82) is 0 Å². The number of hydrogen-bond acceptors (Lipinski definition) is 2. The Labute approximate surface area is 91.4 Å². The van der Waals surface area contributed by atoms with E-state index in [1.54, 1.807) is 0 Å². The van der Waals surface area contributed by atoms with Crippen LogP contribution in [0.15, 0.2) is 0 Å². The average Bonchev–Trinajstić information content (AvgIpc) is 2.58. The van der Waals surface area contributed by atoms with Crippen molar-refractivity contribution in [1.82, 2.24) is 15.5 Å². The zero-order chi connectivity index (χ0) is 10.5. The molecule has 0 saturated carbocycles. The molecule has 2 rings (SSSR count). The maximum atomic E-state index is 11.9. The van der Waals surface area contributed by atoms with Crippen molar-refractivity contribution in [3.63, 3.8) is 0 Å². The predicted molar refractivity (Wildman–Crippen MR) is 59.8 cm³/mol. The molecule has 0 radical (unpaired) electrons. The van der Waals surface area contributed by atoms with Crippen molar-refractivity contribution in [2.24, 2.45) is 0 Å². The third kappa shape index (κ3) is 3.09. The van der Waals surface area contributed by atoms with Gasteiger partial charge < -0.3 is 15.5 Å². The van der Waals surface area contributed by atoms with Crippen LogP contribution in [-0.2, 0) is 0 Å². The van der Waals surface area contributed by atoms with Crippen LogP contribution in [0.4, 0.5) is 4.79 Å². The second-order valence-electron chi connectivity index (χ2n) is 4.54. The predicted octanol–water partition coefficient (Wildman–Crippen LogP) is 0.934. The molecule has 2 aliphatic rings. The Kier molecular flexibility index (Phi) is 3.83. The van der Waals surface area contributed by atoms with Gasteiger partial charge in [-0.1, -0.05) is 12.8 Å². The lowest BCUT2D eigenvalue weighted by Gasteiger charge is -2.23. The highest BCUT2D eigenvalue weighted by Gasteiger charge is 2.20. The fourth-order valence-electron chi connectivity index (χ4n) is 2.32. The van der Waals surface area contributed by atoms with Crippen LogP contribution in [0.3, 0.4) is 0 Å². The van der Waals surface area contributed by atoms with E-state index in [9.17, 15) is 4.79 Å². The van der Waals surface area contributed by atoms with Gasteiger partial charge in [-0.15, -0.1) is 0 Å². The van der Waals surface area contributed by atoms with Gasteiger partial charge in [-0.3, -0.25) is 0 Å². The summed E-state index contributed by atoms with van der Waals surface area (Å²) < 4.78 is 0. The number of hydrogen-bond donors (Lipinski definition) is 2. The van der Waals surface area contributed by atoms with Crippen LogP contribution in [0.2, 0.25) is 0 Å². The smallest absolute Gasteiger partial charge is 0.317 e. The largest absolute Gasteiger partial charge is 0.334 e. The highest BCUT2D eigenvalue weighted by atomic mass is 16.2. The zero-order valence-electron chi connectivity index (χ0n) is 9.30. The molecule has 4 nitrogen and oxygen atoms in total. The van der Waals surface area contributed by atoms with Gasteiger partial charge in [-0.05, 0) is 25.8 Å². The summed E-state index contributed by atoms with van der Waals surface area (Å²) in [6, 6.07) is 0.492. The normalized spacial score (nSPS) is 27.5. The second kappa shape index (κ2) is 5.35. The fourth-order valence-corrected chi connectivity index (χ4v) is 2.32. The first-order valence-electron chi connectivity index (χ1n) is 6.12. The number of nitrogens with one attached hydrogen (secondary N) is 2. The van der Waals surface area contributed by atoms with E-state index in [0.29, 0.717) is 6.04 Å². The van der Waals surface area contributed by atoms with Crippen LogP contribution < -0.4 is 10.6 Å². The van der Waals surface area contributed by atoms with Crippen molar-refractivity contribution >= 4 is 6.03 Å². The molecule has 1 atom stereocenters. The van der Waals surface area contributed by atoms with Gasteiger partial charge in [0.2, 0.25) is 0 Å². The van der Waals surface area contributed by atoms with Crippen LogP contribution in [0.5, 0.6) is 0 Å². The Morgan fingerprint density at radius 3 is 2.53 bits per heavy atom. The summed E-state index contributed by atoms with van der Waals surface area (Å²) in [6.45, 7) is 3.84. The molecular weight excluding hydrogens is 190 g/mol. The van der Waals surface area contributed by atoms with Crippen molar-refractivity contribution in [2.45, 2.75) is 38.1 Å². The fraction of sp³-hybridized carbons (Fsp3) is 0.909. The molecule has 4 heteroatoms. The molecule has 0 bridgehead atoms. The van der Waals surface area contributed by atoms with Crippen LogP contribution in [-0.4, -0.2) is 43.2 Å². The summed E-state index contributed by atoms with van der Waals surface area (Å²) in [5.74, 6) is 0. The van der Waals surface area contributed by atoms with E-state index in [4.69, 9.17) is 0 Å². The third-order valence-electron chi connectivity index (χ3n) is 3.28. The molecule has 2 aliphatic heterocycles. The molecule has 0 spiro atoms. The molecule has 2 heterocycles. The Morgan fingerprint density at radius 1 is 1.20 bits per heavy atom. The van der Waals surface area contributed by atoms with Gasteiger partial charge in [0.25, 0.3) is 0 Å². The Balaban J connectivity index is 1.77. The topological polar surface area (TPSA) is 44.4 Å². The Hall–Kier alpha value is -0.770. The molecule has 0 aliphatic carbocycles. The summed E-state index contributed by atoms with van der Waals surface area (Å²) in [5, 5.41) is 6.36. The molecule has 0 aromatic heterocycles. The van der Waals surface area contributed by atoms with E-state index < -0.39 is 0 Å². The number of likely N-dealkylation sites (tertiary alicyclic amines) is 1. The zero-order valence-corrected chi connectivity index (χ0v) is 9.30. The average molecular weight is 211 g/mol. The highest BCUT2D eigenvalue weighted by Crippen LogP contribution is 2.10. The molecule has 2 N–H and O–H groups in total. The van der Waals surface area contributed by atoms with Gasteiger partial charge >= 0.3 is 6.03 Å². The molecular formula is C11H21N3O. The van der Waals surface area contributed by atoms with E-state index in [2.05, 4.69) is 10.6 Å². The molecule has 86 valence electrons. The van der Waals surface area contributed by atoms with Gasteiger partial charge in [0.15, 0.2) is 0 Å². The van der Waals surface area contributed by atoms with E-state index in [1.807, 2.05) is 4.90 Å². The number of carbonyl (C=O) groups excluding carboxylic acids is 1. The van der Waals surface area contributed by atoms with Crippen molar-refractivity contribution in [3.8, 4) is 0 Å². The lowest BCUT2D eigenvalue weighted by atomic mass is 10.2. The molecule has 2 saturated heterocycles. The van der Waals surface area contributed by atoms with Gasteiger partial charge in [-0.25, -0.2) is 4.79 Å². The van der Waals surface area contributed by atoms with Crippen molar-refractivity contribution in [2.75, 3.05) is 26.2 Å². The summed E-state index contributed by atoms with van der Waals surface area (Å²) in [4.78, 5) is 13.9. The van der Waals surface area contributed by atoms with Gasteiger partial charge in [0.05, 0.1) is 0 Å². The molecule has 0 aromatic carbocycles. The monoisotopic (exact) mass is 211 g/mol. The van der Waals surface area contributed by atoms with Crippen LogP contribution >= 0.6 is 0 Å². The first-order chi connectivity index (χ1) is 7.36. The highest BCUT2D eigenvalue weighted by molar-refractivity contribution is 5.74. The maximum absolute atomic E-state index is 11.9. The molecule has 15 heavy (non-hydrogen) atoms. The molecule has 1 unspecified atom stereocenters. The number of urea groups is 1. The number of nitrogens with zero attached hydrogens (tertiary/aromatic N) is 1. The van der Waals surface area contributed by atoms with E-state index in [0.717, 1.165) is 45.4 Å². The first-order valence-corrected chi connectivity index (χ1v) is 6.12. The van der Waals surface area contributed by atoms with Gasteiger partial charge in [0.1, 0.15) is 0 Å². The molecule has 2 amide bonds. The van der Waals surface area contributed by atoms with Crippen molar-refractivity contribution in [3.05, 3.63) is 0 Å². The van der Waals surface area contributed by atoms with E-state index in [-0.39, 0.29) is 6.03 Å². The minimum Gasteiger partial charge on any atom is -0.334 e. The Bertz CT molecular complexity index is 206. The van der Waals surface area contributed by atoms with E-state index >= 15 is 0 Å². The van der Waals surface area contributed by atoms with Crippen LogP contribution in [0, 0.1) is 0 Å². The summed E-state index contributed by atoms with van der Waals surface area (Å²) >= 11 is 0. The number of carbonyl (C=O) groups is 1. The second-order valence-corrected chi connectivity index (χ2v) is 4.54. The van der Waals surface area contributed by atoms with Crippen LogP contribution in [0.25, 0.3) is 0 Å². The van der Waals surface area contributed by atoms with Gasteiger partial charge in [0, 0.05) is 25.7 Å². The minimum absolute atomic E-state index is 0.144. The lowest BCUT2D eigenvalue weighted by molar-refractivity contribution is 0.196. The summed E-state index contributed by atoms with van der Waals surface area (Å²) in [6.07, 6.45) is 5.94. The minimum atomic E-state index is 0.144. The van der Waals surface area contributed by atoms with Crippen LogP contribution in [0.1, 0.15) is 32.1 Å². The standard InChI is InChI=1S/C11H21N3O/c15-11(13-10-5-6-12-9-10)14-7-3-1-2-4-8-14/h10,12H,1-9H2,(H,13,15). The summed E-state index contributed by atoms with van der Waals surface area (Å²) in [7, 11) is 0. The number of amides is 2. The molecule has 2 fully saturated rings. The third-order valence-corrected chi connectivity index (χ3v) is 3.28. The van der Waals surface area contributed by atoms with Crippen molar-refractivity contribution < 1.29 is 4.79 Å². The maximum Gasteiger partial charge on any atom is 0.317 e. The molecule has 0 aromatic rings. The quantitative estimate of drug-likeness (QED) is 0.678.